The van der Waals surface area contributed by atoms with E-state index >= 15 is 0 Å². The lowest BCUT2D eigenvalue weighted by molar-refractivity contribution is 0.318. The second kappa shape index (κ2) is 18.0. The summed E-state index contributed by atoms with van der Waals surface area (Å²) in [4.78, 5) is 0. The van der Waals surface area contributed by atoms with Crippen LogP contribution in [0.1, 0.15) is 34.6 Å². The van der Waals surface area contributed by atoms with Crippen molar-refractivity contribution in [3.63, 3.8) is 0 Å². The summed E-state index contributed by atoms with van der Waals surface area (Å²) in [5, 5.41) is 19.4. The van der Waals surface area contributed by atoms with Crippen molar-refractivity contribution in [2.45, 2.75) is 20.8 Å². The minimum Gasteiger partial charge on any atom is -0.409 e. The van der Waals surface area contributed by atoms with Crippen LogP contribution < -0.4 is 5.73 Å². The van der Waals surface area contributed by atoms with Gasteiger partial charge in [-0.05, 0) is 16.6 Å². The van der Waals surface area contributed by atoms with Gasteiger partial charge in [-0.25, -0.2) is 0 Å². The van der Waals surface area contributed by atoms with E-state index in [4.69, 9.17) is 18.9 Å². The summed E-state index contributed by atoms with van der Waals surface area (Å²) in [5.41, 5.74) is 6.50. The number of hydrogen-bond acceptors (Lipinski definition) is 3. The Morgan fingerprint density at radius 2 is 1.61 bits per heavy atom. The zero-order valence-electron chi connectivity index (χ0n) is 15.6. The molecule has 0 heterocycles. The molecule has 0 aliphatic heterocycles. The van der Waals surface area contributed by atoms with Crippen molar-refractivity contribution in [2.24, 2.45) is 10.9 Å². The van der Waals surface area contributed by atoms with Gasteiger partial charge in [-0.15, -0.1) is 0 Å². The van der Waals surface area contributed by atoms with Crippen LogP contribution in [0.2, 0.25) is 0 Å². The molecule has 0 saturated heterocycles. The molecular weight excluding hydrogens is 401 g/mol. The maximum Gasteiger partial charge on any atom is 0.170 e. The molecule has 2 rings (SSSR count). The molecule has 0 aromatic heterocycles. The molecule has 0 unspecified atom stereocenters. The minimum atomic E-state index is 0.0602. The molecule has 0 amide bonds. The largest absolute Gasteiger partial charge is 0.409 e. The fraction of sp³-hybridized carbons (Fsp3) is 0.222. The molecule has 2 aromatic rings. The number of hydrogen-bond donors (Lipinski definition) is 2. The van der Waals surface area contributed by atoms with Crippen LogP contribution in [0, 0.1) is 11.3 Å². The quantitative estimate of drug-likeness (QED) is 0.171. The zero-order valence-corrected chi connectivity index (χ0v) is 15.8. The topological polar surface area (TPSA) is 82.4 Å². The van der Waals surface area contributed by atoms with E-state index in [1.54, 1.807) is 48.5 Å². The van der Waals surface area contributed by atoms with Gasteiger partial charge < -0.3 is 10.9 Å². The van der Waals surface area contributed by atoms with Crippen molar-refractivity contribution in [1.29, 1.82) is 5.26 Å². The van der Waals surface area contributed by atoms with Crippen molar-refractivity contribution in [2.75, 3.05) is 4.43 Å². The molecule has 5 heteroatoms. The molecule has 0 radical (unpaired) electrons. The third-order valence-corrected chi connectivity index (χ3v) is 1.97. The van der Waals surface area contributed by atoms with E-state index in [0.29, 0.717) is 23.2 Å². The number of alkyl halides is 1. The standard InChI is InChI=1S/C7H8N2O.C7H5N.C2H5I.C2H6/c8-7(9-10)6-4-2-1-3-5-6;8-6-7-4-2-1-3-5-7;1-2-3;1-2/h1-5,10H,(H2,8,9);1-5H;2H2,1H3;1-2H3/i2*1T;;. The van der Waals surface area contributed by atoms with Gasteiger partial charge in [-0.1, -0.05) is 97.0 Å². The van der Waals surface area contributed by atoms with Crippen molar-refractivity contribution < 1.29 is 7.95 Å². The Morgan fingerprint density at radius 3 is 1.96 bits per heavy atom. The first-order chi connectivity index (χ1) is 12.0. The van der Waals surface area contributed by atoms with Crippen LogP contribution in [0.5, 0.6) is 0 Å². The van der Waals surface area contributed by atoms with Crippen molar-refractivity contribution in [1.82, 2.24) is 0 Å². The Balaban J connectivity index is 0. The SMILES string of the molecule is CC.CCI.[3H]c1ccc(/C(N)=N/O)cc1.[3H]c1ccc(C#N)cc1. The predicted octanol–water partition coefficient (Wildman–Crippen LogP) is 4.81. The van der Waals surface area contributed by atoms with Gasteiger partial charge in [0.2, 0.25) is 0 Å². The number of nitriles is 1. The maximum absolute atomic E-state index is 8.32. The van der Waals surface area contributed by atoms with E-state index in [1.807, 2.05) is 19.9 Å². The Morgan fingerprint density at radius 1 is 1.22 bits per heavy atom. The smallest absolute Gasteiger partial charge is 0.170 e. The summed E-state index contributed by atoms with van der Waals surface area (Å²) in [6.07, 6.45) is 0. The first kappa shape index (κ1) is 19.0. The van der Waals surface area contributed by atoms with Gasteiger partial charge in [0.25, 0.3) is 0 Å². The second-order valence-corrected chi connectivity index (χ2v) is 4.97. The van der Waals surface area contributed by atoms with Crippen molar-refractivity contribution in [3.05, 3.63) is 71.7 Å². The van der Waals surface area contributed by atoms with E-state index in [2.05, 4.69) is 34.7 Å². The van der Waals surface area contributed by atoms with E-state index < -0.39 is 0 Å². The lowest BCUT2D eigenvalue weighted by Gasteiger charge is -1.94. The molecule has 0 saturated carbocycles. The fourth-order valence-corrected chi connectivity index (χ4v) is 1.08. The normalized spacial score (nSPS) is 9.96. The average Bonchev–Trinajstić information content (AvgIpc) is 2.65. The number of halogens is 1. The molecule has 23 heavy (non-hydrogen) atoms. The second-order valence-electron chi connectivity index (χ2n) is 3.44. The molecule has 3 N–H and O–H groups in total. The van der Waals surface area contributed by atoms with Gasteiger partial charge in [-0.3, -0.25) is 0 Å². The Kier molecular flexibility index (Phi) is 14.8. The van der Waals surface area contributed by atoms with Gasteiger partial charge in [-0.2, -0.15) is 5.26 Å². The molecule has 0 fully saturated rings. The van der Waals surface area contributed by atoms with Crippen LogP contribution in [0.3, 0.4) is 0 Å². The Labute approximate surface area is 155 Å². The van der Waals surface area contributed by atoms with E-state index in [9.17, 15) is 0 Å². The molecule has 0 atom stereocenters. The monoisotopic (exact) mass is 429 g/mol. The number of oxime groups is 1. The average molecular weight is 429 g/mol. The molecule has 0 bridgehead atoms. The third kappa shape index (κ3) is 13.3. The van der Waals surface area contributed by atoms with Crippen LogP contribution in [0.4, 0.5) is 0 Å². The number of nitrogens with two attached hydrogens (primary N) is 1. The molecule has 4 nitrogen and oxygen atoms in total. The lowest BCUT2D eigenvalue weighted by Crippen LogP contribution is -2.12. The highest BCUT2D eigenvalue weighted by Gasteiger charge is 1.93. The van der Waals surface area contributed by atoms with E-state index in [-0.39, 0.29) is 5.84 Å². The number of benzene rings is 2. The fourth-order valence-electron chi connectivity index (χ4n) is 1.08. The zero-order chi connectivity index (χ0) is 19.7. The Bertz CT molecular complexity index is 639. The number of amidine groups is 1. The van der Waals surface area contributed by atoms with Crippen molar-refractivity contribution in [3.8, 4) is 6.07 Å². The Hall–Kier alpha value is -2.07. The maximum atomic E-state index is 8.32. The van der Waals surface area contributed by atoms with E-state index in [0.717, 1.165) is 0 Å². The van der Waals surface area contributed by atoms with Crippen LogP contribution in [0.15, 0.2) is 65.8 Å². The molecule has 124 valence electrons. The molecule has 0 spiro atoms. The van der Waals surface area contributed by atoms with Crippen LogP contribution in [0.25, 0.3) is 0 Å². The highest BCUT2D eigenvalue weighted by atomic mass is 127. The third-order valence-electron chi connectivity index (χ3n) is 1.97. The molecule has 0 aliphatic carbocycles. The van der Waals surface area contributed by atoms with Crippen LogP contribution in [-0.4, -0.2) is 15.5 Å². The summed E-state index contributed by atoms with van der Waals surface area (Å²) in [6.45, 7) is 6.11. The molecule has 2 aromatic carbocycles. The first-order valence-corrected chi connectivity index (χ1v) is 8.58. The summed E-state index contributed by atoms with van der Waals surface area (Å²) in [7, 11) is 0. The van der Waals surface area contributed by atoms with Gasteiger partial charge in [0.15, 0.2) is 5.84 Å². The van der Waals surface area contributed by atoms with Gasteiger partial charge in [0.1, 0.15) is 0 Å². The van der Waals surface area contributed by atoms with Gasteiger partial charge in [0.05, 0.1) is 14.4 Å². The molecule has 0 aliphatic rings. The summed E-state index contributed by atoms with van der Waals surface area (Å²) < 4.78 is 15.4. The van der Waals surface area contributed by atoms with E-state index in [1.165, 1.54) is 4.43 Å². The van der Waals surface area contributed by atoms with Gasteiger partial charge >= 0.3 is 0 Å². The predicted molar refractivity (Wildman–Crippen MR) is 106 cm³/mol. The molecular formula is C18H24IN3O. The van der Waals surface area contributed by atoms with Crippen LogP contribution >= 0.6 is 22.6 Å². The van der Waals surface area contributed by atoms with Gasteiger partial charge in [0, 0.05) is 5.56 Å². The highest BCUT2D eigenvalue weighted by molar-refractivity contribution is 14.1. The lowest BCUT2D eigenvalue weighted by atomic mass is 10.2. The summed E-state index contributed by atoms with van der Waals surface area (Å²) >= 11 is 2.29. The van der Waals surface area contributed by atoms with Crippen LogP contribution in [-0.2, 0) is 0 Å². The first-order valence-electron chi connectivity index (χ1n) is 8.05. The highest BCUT2D eigenvalue weighted by Crippen LogP contribution is 1.96. The summed E-state index contributed by atoms with van der Waals surface area (Å²) in [6, 6.07) is 15.7. The minimum absolute atomic E-state index is 0.0602. The van der Waals surface area contributed by atoms with Crippen molar-refractivity contribution >= 4 is 28.4 Å². The number of nitrogens with zero attached hydrogens (tertiary/aromatic N) is 2. The number of rotatable bonds is 1. The summed E-state index contributed by atoms with van der Waals surface area (Å²) in [5.74, 6) is 0.0602.